The number of nitrogens with zero attached hydrogens (tertiary/aromatic N) is 2. The highest BCUT2D eigenvalue weighted by molar-refractivity contribution is 9.10. The fraction of sp³-hybridized carbons (Fsp3) is 0.0909. The van der Waals surface area contributed by atoms with E-state index in [0.29, 0.717) is 16.0 Å². The Morgan fingerprint density at radius 3 is 2.53 bits per heavy atom. The van der Waals surface area contributed by atoms with E-state index in [1.807, 2.05) is 0 Å². The highest BCUT2D eigenvalue weighted by Gasteiger charge is 2.30. The maximum absolute atomic E-state index is 12.5. The molecule has 0 unspecified atom stereocenters. The average molecular weight is 303 g/mol. The van der Waals surface area contributed by atoms with Crippen molar-refractivity contribution < 1.29 is 13.2 Å². The molecule has 0 amide bonds. The molecule has 0 aliphatic rings. The second-order valence-corrected chi connectivity index (χ2v) is 4.00. The van der Waals surface area contributed by atoms with Gasteiger partial charge in [-0.1, -0.05) is 12.1 Å². The minimum absolute atomic E-state index is 0.340. The van der Waals surface area contributed by atoms with Gasteiger partial charge >= 0.3 is 6.18 Å². The molecular weight excluding hydrogens is 297 g/mol. The van der Waals surface area contributed by atoms with Crippen LogP contribution < -0.4 is 0 Å². The Morgan fingerprint density at radius 1 is 1.12 bits per heavy atom. The van der Waals surface area contributed by atoms with Gasteiger partial charge in [0.2, 0.25) is 0 Å². The van der Waals surface area contributed by atoms with Crippen LogP contribution in [0.2, 0.25) is 0 Å². The molecule has 1 aromatic heterocycles. The van der Waals surface area contributed by atoms with Gasteiger partial charge in [0.05, 0.1) is 11.3 Å². The van der Waals surface area contributed by atoms with Crippen LogP contribution in [0.4, 0.5) is 13.2 Å². The van der Waals surface area contributed by atoms with Crippen molar-refractivity contribution >= 4 is 15.9 Å². The molecule has 1 heterocycles. The van der Waals surface area contributed by atoms with Crippen molar-refractivity contribution in [3.8, 4) is 11.3 Å². The van der Waals surface area contributed by atoms with Gasteiger partial charge in [-0.15, -0.1) is 0 Å². The molecule has 0 N–H and O–H groups in total. The molecule has 0 aliphatic heterocycles. The zero-order valence-electron chi connectivity index (χ0n) is 8.37. The Kier molecular flexibility index (Phi) is 3.15. The Morgan fingerprint density at radius 2 is 1.88 bits per heavy atom. The van der Waals surface area contributed by atoms with E-state index in [4.69, 9.17) is 0 Å². The first-order valence-electron chi connectivity index (χ1n) is 4.63. The summed E-state index contributed by atoms with van der Waals surface area (Å²) in [5, 5.41) is 0. The maximum atomic E-state index is 12.5. The number of halogens is 4. The average Bonchev–Trinajstić information content (AvgIpc) is 2.28. The Balaban J connectivity index is 2.47. The van der Waals surface area contributed by atoms with Crippen LogP contribution in [0, 0.1) is 0 Å². The summed E-state index contributed by atoms with van der Waals surface area (Å²) in [5.41, 5.74) is 0.158. The first-order valence-corrected chi connectivity index (χ1v) is 5.42. The molecule has 0 aliphatic carbocycles. The van der Waals surface area contributed by atoms with E-state index in [1.54, 1.807) is 12.1 Å². The standard InChI is InChI=1S/C11H6BrF3N2/c12-10-16-5-4-9(17-10)7-2-1-3-8(6-7)11(13,14)15/h1-6H. The van der Waals surface area contributed by atoms with Crippen molar-refractivity contribution in [1.82, 2.24) is 9.97 Å². The van der Waals surface area contributed by atoms with Crippen molar-refractivity contribution in [3.05, 3.63) is 46.8 Å². The molecule has 17 heavy (non-hydrogen) atoms. The number of hydrogen-bond donors (Lipinski definition) is 0. The van der Waals surface area contributed by atoms with E-state index < -0.39 is 11.7 Å². The van der Waals surface area contributed by atoms with Crippen LogP contribution in [-0.2, 0) is 6.18 Å². The van der Waals surface area contributed by atoms with E-state index in [0.717, 1.165) is 12.1 Å². The predicted octanol–water partition coefficient (Wildman–Crippen LogP) is 3.92. The third-order valence-electron chi connectivity index (χ3n) is 2.11. The Labute approximate surface area is 104 Å². The van der Waals surface area contributed by atoms with Crippen molar-refractivity contribution in [2.45, 2.75) is 6.18 Å². The number of hydrogen-bond acceptors (Lipinski definition) is 2. The van der Waals surface area contributed by atoms with Gasteiger partial charge in [-0.05, 0) is 34.1 Å². The molecule has 88 valence electrons. The number of benzene rings is 1. The number of alkyl halides is 3. The summed E-state index contributed by atoms with van der Waals surface area (Å²) >= 11 is 3.07. The summed E-state index contributed by atoms with van der Waals surface area (Å²) in [6, 6.07) is 6.58. The maximum Gasteiger partial charge on any atom is 0.416 e. The van der Waals surface area contributed by atoms with Gasteiger partial charge in [0.15, 0.2) is 4.73 Å². The molecule has 2 rings (SSSR count). The fourth-order valence-corrected chi connectivity index (χ4v) is 1.66. The van der Waals surface area contributed by atoms with Gasteiger partial charge in [-0.3, -0.25) is 0 Å². The quantitative estimate of drug-likeness (QED) is 0.746. The van der Waals surface area contributed by atoms with Gasteiger partial charge in [-0.25, -0.2) is 9.97 Å². The van der Waals surface area contributed by atoms with Crippen molar-refractivity contribution in [1.29, 1.82) is 0 Å². The van der Waals surface area contributed by atoms with Gasteiger partial charge in [0.1, 0.15) is 0 Å². The first-order chi connectivity index (χ1) is 7.97. The van der Waals surface area contributed by atoms with Crippen molar-refractivity contribution in [2.75, 3.05) is 0 Å². The van der Waals surface area contributed by atoms with Gasteiger partial charge in [0.25, 0.3) is 0 Å². The molecule has 6 heteroatoms. The lowest BCUT2D eigenvalue weighted by Crippen LogP contribution is -2.04. The molecule has 0 fully saturated rings. The summed E-state index contributed by atoms with van der Waals surface area (Å²) in [7, 11) is 0. The Hall–Kier alpha value is -1.43. The lowest BCUT2D eigenvalue weighted by molar-refractivity contribution is -0.137. The van der Waals surface area contributed by atoms with Crippen molar-refractivity contribution in [2.24, 2.45) is 0 Å². The monoisotopic (exact) mass is 302 g/mol. The molecule has 0 bridgehead atoms. The summed E-state index contributed by atoms with van der Waals surface area (Å²) in [6.07, 6.45) is -2.87. The largest absolute Gasteiger partial charge is 0.416 e. The molecular formula is C11H6BrF3N2. The third-order valence-corrected chi connectivity index (χ3v) is 2.49. The van der Waals surface area contributed by atoms with Crippen molar-refractivity contribution in [3.63, 3.8) is 0 Å². The molecule has 2 aromatic rings. The lowest BCUT2D eigenvalue weighted by Gasteiger charge is -2.08. The molecule has 0 spiro atoms. The van der Waals surface area contributed by atoms with Crippen LogP contribution in [0.5, 0.6) is 0 Å². The van der Waals surface area contributed by atoms with Crippen LogP contribution in [0.1, 0.15) is 5.56 Å². The van der Waals surface area contributed by atoms with E-state index in [2.05, 4.69) is 25.9 Å². The molecule has 2 nitrogen and oxygen atoms in total. The number of aromatic nitrogens is 2. The third kappa shape index (κ3) is 2.82. The molecule has 0 saturated carbocycles. The van der Waals surface area contributed by atoms with Gasteiger partial charge in [-0.2, -0.15) is 13.2 Å². The molecule has 0 radical (unpaired) electrons. The molecule has 0 saturated heterocycles. The second kappa shape index (κ2) is 4.44. The summed E-state index contributed by atoms with van der Waals surface area (Å²) in [4.78, 5) is 7.82. The smallest absolute Gasteiger partial charge is 0.231 e. The molecule has 0 atom stereocenters. The number of rotatable bonds is 1. The minimum atomic E-state index is -4.35. The van der Waals surface area contributed by atoms with E-state index in [9.17, 15) is 13.2 Å². The second-order valence-electron chi connectivity index (χ2n) is 3.29. The highest BCUT2D eigenvalue weighted by atomic mass is 79.9. The van der Waals surface area contributed by atoms with E-state index in [-0.39, 0.29) is 0 Å². The minimum Gasteiger partial charge on any atom is -0.231 e. The van der Waals surface area contributed by atoms with Crippen LogP contribution >= 0.6 is 15.9 Å². The SMILES string of the molecule is FC(F)(F)c1cccc(-c2ccnc(Br)n2)c1. The zero-order chi connectivity index (χ0) is 12.5. The molecule has 1 aromatic carbocycles. The van der Waals surface area contributed by atoms with Crippen LogP contribution in [0.15, 0.2) is 41.3 Å². The Bertz CT molecular complexity index is 540. The zero-order valence-corrected chi connectivity index (χ0v) is 9.96. The topological polar surface area (TPSA) is 25.8 Å². The van der Waals surface area contributed by atoms with E-state index in [1.165, 1.54) is 12.3 Å². The predicted molar refractivity (Wildman–Crippen MR) is 60.2 cm³/mol. The lowest BCUT2D eigenvalue weighted by atomic mass is 10.1. The van der Waals surface area contributed by atoms with E-state index >= 15 is 0 Å². The van der Waals surface area contributed by atoms with Crippen LogP contribution in [-0.4, -0.2) is 9.97 Å². The van der Waals surface area contributed by atoms with Gasteiger partial charge < -0.3 is 0 Å². The summed E-state index contributed by atoms with van der Waals surface area (Å²) in [5.74, 6) is 0. The van der Waals surface area contributed by atoms with Crippen LogP contribution in [0.25, 0.3) is 11.3 Å². The highest BCUT2D eigenvalue weighted by Crippen LogP contribution is 2.31. The first kappa shape index (κ1) is 12.0. The summed E-state index contributed by atoms with van der Waals surface area (Å²) in [6.45, 7) is 0. The fourth-order valence-electron chi connectivity index (χ4n) is 1.35. The van der Waals surface area contributed by atoms with Crippen LogP contribution in [0.3, 0.4) is 0 Å². The van der Waals surface area contributed by atoms with Gasteiger partial charge in [0, 0.05) is 11.8 Å². The summed E-state index contributed by atoms with van der Waals surface area (Å²) < 4.78 is 37.9. The normalized spacial score (nSPS) is 11.5.